The zero-order valence-corrected chi connectivity index (χ0v) is 14.2. The Morgan fingerprint density at radius 2 is 1.75 bits per heavy atom. The van der Waals surface area contributed by atoms with Gasteiger partial charge in [0.2, 0.25) is 0 Å². The number of carbonyl (C=O) groups is 1. The van der Waals surface area contributed by atoms with Gasteiger partial charge in [-0.3, -0.25) is 4.79 Å². The van der Waals surface area contributed by atoms with E-state index in [1.165, 1.54) is 38.5 Å². The summed E-state index contributed by atoms with van der Waals surface area (Å²) in [5, 5.41) is 0. The van der Waals surface area contributed by atoms with Gasteiger partial charge in [-0.15, -0.1) is 0 Å². The number of ketones is 1. The zero-order chi connectivity index (χ0) is 15.0. The molecule has 0 aromatic rings. The van der Waals surface area contributed by atoms with Crippen LogP contribution in [0.3, 0.4) is 0 Å². The van der Waals surface area contributed by atoms with E-state index in [9.17, 15) is 4.79 Å². The molecule has 0 saturated heterocycles. The molecule has 0 bridgehead atoms. The van der Waals surface area contributed by atoms with E-state index in [0.717, 1.165) is 31.7 Å². The molecule has 1 rings (SSSR count). The molecule has 1 aliphatic carbocycles. The van der Waals surface area contributed by atoms with Crippen molar-refractivity contribution < 1.29 is 4.79 Å². The lowest BCUT2D eigenvalue weighted by molar-refractivity contribution is -0.124. The summed E-state index contributed by atoms with van der Waals surface area (Å²) in [6.45, 7) is 7.82. The Kier molecular flexibility index (Phi) is 8.44. The quantitative estimate of drug-likeness (QED) is 0.612. The van der Waals surface area contributed by atoms with E-state index in [1.54, 1.807) is 0 Å². The van der Waals surface area contributed by atoms with Gasteiger partial charge >= 0.3 is 0 Å². The second kappa shape index (κ2) is 9.55. The second-order valence-corrected chi connectivity index (χ2v) is 7.21. The maximum atomic E-state index is 12.2. The molecular formula is C18H35NO. The highest BCUT2D eigenvalue weighted by molar-refractivity contribution is 5.81. The van der Waals surface area contributed by atoms with Gasteiger partial charge in [0, 0.05) is 24.9 Å². The van der Waals surface area contributed by atoms with Crippen LogP contribution in [0.25, 0.3) is 0 Å². The van der Waals surface area contributed by atoms with Crippen LogP contribution in [0.5, 0.6) is 0 Å². The lowest BCUT2D eigenvalue weighted by Crippen LogP contribution is -2.32. The van der Waals surface area contributed by atoms with Gasteiger partial charge in [0.25, 0.3) is 0 Å². The van der Waals surface area contributed by atoms with Crippen LogP contribution in [0.2, 0.25) is 0 Å². The molecule has 1 aliphatic rings. The summed E-state index contributed by atoms with van der Waals surface area (Å²) in [5.74, 6) is 1.71. The molecular weight excluding hydrogens is 246 g/mol. The molecule has 0 aliphatic heterocycles. The van der Waals surface area contributed by atoms with E-state index in [-0.39, 0.29) is 0 Å². The second-order valence-electron chi connectivity index (χ2n) is 7.21. The number of rotatable bonds is 9. The molecule has 0 amide bonds. The fourth-order valence-corrected chi connectivity index (χ4v) is 3.18. The fraction of sp³-hybridized carbons (Fsp3) is 0.944. The first-order valence-electron chi connectivity index (χ1n) is 8.73. The molecule has 118 valence electrons. The molecule has 0 aromatic heterocycles. The maximum Gasteiger partial charge on any atom is 0.137 e. The summed E-state index contributed by atoms with van der Waals surface area (Å²) in [7, 11) is 2.17. The first kappa shape index (κ1) is 17.7. The van der Waals surface area contributed by atoms with Crippen LogP contribution in [0.15, 0.2) is 0 Å². The molecule has 1 saturated carbocycles. The van der Waals surface area contributed by atoms with Gasteiger partial charge in [0.1, 0.15) is 5.78 Å². The highest BCUT2D eigenvalue weighted by Crippen LogP contribution is 2.25. The Balaban J connectivity index is 2.17. The van der Waals surface area contributed by atoms with Crippen molar-refractivity contribution >= 4 is 5.78 Å². The van der Waals surface area contributed by atoms with Crippen molar-refractivity contribution in [1.29, 1.82) is 0 Å². The summed E-state index contributed by atoms with van der Waals surface area (Å²) < 4.78 is 0. The maximum absolute atomic E-state index is 12.2. The van der Waals surface area contributed by atoms with Gasteiger partial charge in [0.15, 0.2) is 0 Å². The molecule has 0 aromatic carbocycles. The number of carbonyl (C=O) groups excluding carboxylic acids is 1. The minimum absolute atomic E-state index is 0.383. The third-order valence-corrected chi connectivity index (χ3v) is 4.93. The van der Waals surface area contributed by atoms with E-state index in [1.807, 2.05) is 0 Å². The predicted molar refractivity (Wildman–Crippen MR) is 87.0 cm³/mol. The van der Waals surface area contributed by atoms with Crippen molar-refractivity contribution in [3.05, 3.63) is 0 Å². The number of Topliss-reactive ketones (excluding diaryl/α,β-unsaturated/α-hetero) is 1. The highest BCUT2D eigenvalue weighted by Gasteiger charge is 2.21. The predicted octanol–water partition coefficient (Wildman–Crippen LogP) is 4.67. The Labute approximate surface area is 126 Å². The minimum atomic E-state index is 0.383. The molecule has 0 radical (unpaired) electrons. The normalized spacial score (nSPS) is 18.7. The molecule has 0 spiro atoms. The van der Waals surface area contributed by atoms with Crippen LogP contribution in [0, 0.1) is 11.8 Å². The van der Waals surface area contributed by atoms with Crippen LogP contribution >= 0.6 is 0 Å². The Morgan fingerprint density at radius 1 is 1.10 bits per heavy atom. The van der Waals surface area contributed by atoms with E-state index in [2.05, 4.69) is 32.7 Å². The van der Waals surface area contributed by atoms with Gasteiger partial charge in [0.05, 0.1) is 0 Å². The third-order valence-electron chi connectivity index (χ3n) is 4.93. The first-order valence-corrected chi connectivity index (χ1v) is 8.73. The summed E-state index contributed by atoms with van der Waals surface area (Å²) in [4.78, 5) is 14.6. The van der Waals surface area contributed by atoms with Crippen molar-refractivity contribution in [2.24, 2.45) is 11.8 Å². The molecule has 0 heterocycles. The van der Waals surface area contributed by atoms with Crippen LogP contribution in [-0.4, -0.2) is 30.3 Å². The summed E-state index contributed by atoms with van der Waals surface area (Å²) in [6, 6.07) is 0.605. The lowest BCUT2D eigenvalue weighted by Gasteiger charge is -2.26. The van der Waals surface area contributed by atoms with Crippen LogP contribution in [0.1, 0.15) is 78.6 Å². The molecule has 20 heavy (non-hydrogen) atoms. The first-order chi connectivity index (χ1) is 9.50. The smallest absolute Gasteiger partial charge is 0.137 e. The Hall–Kier alpha value is -0.370. The standard InChI is InChI=1S/C18H35NO/c1-15(2)9-8-10-16(3)19(4)14-13-18(20)17-11-6-5-7-12-17/h15-17H,5-14H2,1-4H3. The largest absolute Gasteiger partial charge is 0.303 e. The van der Waals surface area contributed by atoms with Crippen molar-refractivity contribution in [2.45, 2.75) is 84.6 Å². The summed E-state index contributed by atoms with van der Waals surface area (Å²) in [5.41, 5.74) is 0. The average molecular weight is 281 g/mol. The number of hydrogen-bond acceptors (Lipinski definition) is 2. The minimum Gasteiger partial charge on any atom is -0.303 e. The van der Waals surface area contributed by atoms with Gasteiger partial charge in [-0.2, -0.15) is 0 Å². The van der Waals surface area contributed by atoms with Crippen molar-refractivity contribution in [2.75, 3.05) is 13.6 Å². The molecule has 1 unspecified atom stereocenters. The van der Waals surface area contributed by atoms with Gasteiger partial charge in [-0.25, -0.2) is 0 Å². The SMILES string of the molecule is CC(C)CCCC(C)N(C)CCC(=O)C1CCCCC1. The van der Waals surface area contributed by atoms with E-state index in [0.29, 0.717) is 17.7 Å². The topological polar surface area (TPSA) is 20.3 Å². The van der Waals surface area contributed by atoms with Crippen LogP contribution in [-0.2, 0) is 4.79 Å². The van der Waals surface area contributed by atoms with Gasteiger partial charge in [-0.1, -0.05) is 46.0 Å². The van der Waals surface area contributed by atoms with Crippen molar-refractivity contribution in [3.8, 4) is 0 Å². The van der Waals surface area contributed by atoms with Crippen molar-refractivity contribution in [3.63, 3.8) is 0 Å². The Morgan fingerprint density at radius 3 is 2.35 bits per heavy atom. The third kappa shape index (κ3) is 6.88. The summed E-state index contributed by atoms with van der Waals surface area (Å²) >= 11 is 0. The monoisotopic (exact) mass is 281 g/mol. The number of hydrogen-bond donors (Lipinski definition) is 0. The van der Waals surface area contributed by atoms with Crippen molar-refractivity contribution in [1.82, 2.24) is 4.90 Å². The van der Waals surface area contributed by atoms with Crippen LogP contribution in [0.4, 0.5) is 0 Å². The van der Waals surface area contributed by atoms with Gasteiger partial charge in [-0.05, 0) is 39.2 Å². The summed E-state index contributed by atoms with van der Waals surface area (Å²) in [6.07, 6.45) is 10.8. The number of nitrogens with zero attached hydrogens (tertiary/aromatic N) is 1. The molecule has 0 N–H and O–H groups in total. The lowest BCUT2D eigenvalue weighted by atomic mass is 9.85. The zero-order valence-electron chi connectivity index (χ0n) is 14.2. The van der Waals surface area contributed by atoms with E-state index in [4.69, 9.17) is 0 Å². The molecule has 2 heteroatoms. The van der Waals surface area contributed by atoms with E-state index >= 15 is 0 Å². The van der Waals surface area contributed by atoms with Crippen LogP contribution < -0.4 is 0 Å². The van der Waals surface area contributed by atoms with E-state index < -0.39 is 0 Å². The molecule has 1 atom stereocenters. The Bertz CT molecular complexity index is 269. The average Bonchev–Trinajstić information content (AvgIpc) is 2.44. The highest BCUT2D eigenvalue weighted by atomic mass is 16.1. The molecule has 1 fully saturated rings. The molecule has 2 nitrogen and oxygen atoms in total. The fourth-order valence-electron chi connectivity index (χ4n) is 3.18. The van der Waals surface area contributed by atoms with Gasteiger partial charge < -0.3 is 4.90 Å².